The van der Waals surface area contributed by atoms with Gasteiger partial charge in [-0.2, -0.15) is 15.8 Å². The Kier molecular flexibility index (Phi) is 21.2. The topological polar surface area (TPSA) is 309 Å². The zero-order valence-corrected chi connectivity index (χ0v) is 76.0. The van der Waals surface area contributed by atoms with Gasteiger partial charge in [0, 0.05) is 135 Å². The molecule has 6 atom stereocenters. The summed E-state index contributed by atoms with van der Waals surface area (Å²) in [6.45, 7) is 47.7. The fourth-order valence-corrected chi connectivity index (χ4v) is 22.8. The van der Waals surface area contributed by atoms with Gasteiger partial charge in [0.1, 0.15) is 0 Å². The lowest BCUT2D eigenvalue weighted by Gasteiger charge is -2.34. The summed E-state index contributed by atoms with van der Waals surface area (Å²) in [7, 11) is 0. The zero-order chi connectivity index (χ0) is 95.0. The Hall–Kier alpha value is -16.0. The summed E-state index contributed by atoms with van der Waals surface area (Å²) in [6, 6.07) is 35.1. The number of unbranched alkanes of at least 4 members (excludes halogenated alkanes) is 2. The number of amides is 12. The van der Waals surface area contributed by atoms with Gasteiger partial charge in [-0.05, 0) is 234 Å². The number of fused-ring (bicyclic) bond motifs is 6. The van der Waals surface area contributed by atoms with E-state index in [9.17, 15) is 73.3 Å². The number of hydrogen-bond donors (Lipinski definition) is 0. The van der Waals surface area contributed by atoms with Crippen LogP contribution in [0.3, 0.4) is 0 Å². The van der Waals surface area contributed by atoms with E-state index in [1.54, 1.807) is 109 Å². The molecule has 0 N–H and O–H groups in total. The Morgan fingerprint density at radius 1 is 0.231 bits per heavy atom. The van der Waals surface area contributed by atoms with Gasteiger partial charge in [0.25, 0.3) is 70.9 Å². The first-order chi connectivity index (χ1) is 64.6. The SMILES string of the molecule is [C-]#[N+]c1cc2c3c(ccc4c5c(C#N)cc6c7c(ccc(c1c34)c75)C(=O)N([C@@H](C)CCC)C6=O)C(=O)N([C@@H](C)CCC)C2=O.[C-]#[N+]c1cc2c3c(ccc4c5c(C#N)cc6c7c(ccc(c1c34)c75)C(=O)N([C@H](C)CCC)C6=O)C(=O)N([C@H](C)CCC)C2=O.[C-]#[N+]c1cc2c3c(ccc4c5c(C#N)cc6c7c(ccc(c1c34)c75)C(=O)N([C@H](C)CCCC)C6=O)C(=O)N([C@H](C)CCCC)C2=O. The predicted octanol–water partition coefficient (Wildman–Crippen LogP) is 24.0. The van der Waals surface area contributed by atoms with Gasteiger partial charge in [-0.15, -0.1) is 0 Å². The molecular formula is C110H88N12O12. The predicted molar refractivity (Wildman–Crippen MR) is 514 cm³/mol. The molecule has 6 aliphatic heterocycles. The van der Waals surface area contributed by atoms with Gasteiger partial charge < -0.3 is 0 Å². The maximum Gasteiger partial charge on any atom is 0.261 e. The quantitative estimate of drug-likeness (QED) is 0.0296. The second-order valence-corrected chi connectivity index (χ2v) is 36.5. The Labute approximate surface area is 769 Å². The van der Waals surface area contributed by atoms with Gasteiger partial charge in [0.15, 0.2) is 17.1 Å². The van der Waals surface area contributed by atoms with Gasteiger partial charge in [-0.3, -0.25) is 86.9 Å². The van der Waals surface area contributed by atoms with Gasteiger partial charge >= 0.3 is 0 Å². The van der Waals surface area contributed by atoms with Crippen LogP contribution in [0.5, 0.6) is 0 Å². The number of carbonyl (C=O) groups excluding carboxylic acids is 12. The van der Waals surface area contributed by atoms with Crippen LogP contribution < -0.4 is 0 Å². The third-order valence-corrected chi connectivity index (χ3v) is 28.8. The Bertz CT molecular complexity index is 7520. The average molecular weight is 1770 g/mol. The fraction of sp³-hybridized carbons (Fsp3) is 0.291. The van der Waals surface area contributed by atoms with Crippen molar-refractivity contribution in [1.29, 1.82) is 15.8 Å². The maximum absolute atomic E-state index is 14.0. The van der Waals surface area contributed by atoms with E-state index >= 15 is 0 Å². The van der Waals surface area contributed by atoms with Crippen molar-refractivity contribution < 1.29 is 57.5 Å². The van der Waals surface area contributed by atoms with Gasteiger partial charge in [-0.1, -0.05) is 129 Å². The molecule has 660 valence electrons. The molecule has 0 saturated heterocycles. The summed E-state index contributed by atoms with van der Waals surface area (Å²) < 4.78 is 0. The van der Waals surface area contributed by atoms with Gasteiger partial charge in [0.2, 0.25) is 0 Å². The lowest BCUT2D eigenvalue weighted by atomic mass is 9.80. The van der Waals surface area contributed by atoms with Crippen molar-refractivity contribution in [2.24, 2.45) is 0 Å². The van der Waals surface area contributed by atoms with Crippen LogP contribution >= 0.6 is 0 Å². The van der Waals surface area contributed by atoms with Crippen LogP contribution in [0.2, 0.25) is 0 Å². The van der Waals surface area contributed by atoms with E-state index in [0.717, 1.165) is 51.4 Å². The van der Waals surface area contributed by atoms with E-state index in [1.807, 2.05) is 69.2 Å². The molecule has 6 aliphatic rings. The average Bonchev–Trinajstić information content (AvgIpc) is 0.686. The Morgan fingerprint density at radius 2 is 0.403 bits per heavy atom. The maximum atomic E-state index is 14.0. The van der Waals surface area contributed by atoms with Crippen molar-refractivity contribution in [3.05, 3.63) is 227 Å². The van der Waals surface area contributed by atoms with E-state index in [2.05, 4.69) is 46.6 Å². The molecule has 6 heterocycles. The van der Waals surface area contributed by atoms with Crippen LogP contribution in [-0.2, 0) is 0 Å². The van der Waals surface area contributed by atoms with Crippen molar-refractivity contribution in [2.75, 3.05) is 0 Å². The van der Waals surface area contributed by atoms with E-state index in [-0.39, 0.29) is 133 Å². The number of rotatable bonds is 20. The lowest BCUT2D eigenvalue weighted by molar-refractivity contribution is 0.0527. The monoisotopic (exact) mass is 1770 g/mol. The molecule has 0 unspecified atom stereocenters. The standard InChI is InChI=1S/C38H32N4O4.2C36H28N4O4/c1-6-8-10-19(3)41-35(43)24-15-13-23-32-28(40-5)17-27-31-25(36(44)42(38(27)46)20(4)11-9-7-2)14-12-22(34(31)32)29-21(18-39)16-26(37(41)45)30(24)33(23)29;2*1-6-8-17(3)39-33(41)22-13-11-21-30-26(38-5)15-25-29-23(34(42)40(36(25)44)18(4)9-7-2)12-10-20(32(29)30)27-19(16-37)14-24(35(39)43)28(22)31(21)27/h12-17,19-20H,6-11H2,1-4H3;2*10-15,17-18H,6-9H2,1-4H3/t19-,20-;2*17-,18-/m110/s1. The van der Waals surface area contributed by atoms with Crippen molar-refractivity contribution >= 4 is 217 Å². The number of nitrogens with zero attached hydrogens (tertiary/aromatic N) is 12. The molecule has 0 saturated carbocycles. The molecule has 24 nitrogen and oxygen atoms in total. The molecular weight excluding hydrogens is 1680 g/mol. The largest absolute Gasteiger partial charge is 0.272 e. The minimum atomic E-state index is -0.442. The number of imide groups is 6. The van der Waals surface area contributed by atoms with Crippen LogP contribution in [-0.4, -0.2) is 137 Å². The summed E-state index contributed by atoms with van der Waals surface area (Å²) in [5, 5.41) is 44.3. The summed E-state index contributed by atoms with van der Waals surface area (Å²) in [6.07, 6.45) is 10.8. The first-order valence-corrected chi connectivity index (χ1v) is 46.0. The molecule has 12 amide bonds. The summed E-state index contributed by atoms with van der Waals surface area (Å²) in [5.74, 6) is -4.92. The molecule has 0 spiro atoms. The summed E-state index contributed by atoms with van der Waals surface area (Å²) in [5.41, 5.74) is 5.40. The van der Waals surface area contributed by atoms with E-state index in [0.29, 0.717) is 207 Å². The third kappa shape index (κ3) is 12.0. The molecule has 15 aromatic carbocycles. The number of benzene rings is 15. The third-order valence-electron chi connectivity index (χ3n) is 28.8. The number of carbonyl (C=O) groups is 12. The minimum absolute atomic E-state index is 0.230. The molecule has 24 heteroatoms. The van der Waals surface area contributed by atoms with Crippen LogP contribution in [0.1, 0.15) is 314 Å². The number of nitriles is 3. The van der Waals surface area contributed by atoms with E-state index in [4.69, 9.17) is 19.7 Å². The van der Waals surface area contributed by atoms with E-state index in [1.165, 1.54) is 29.4 Å². The number of hydrogen-bond acceptors (Lipinski definition) is 15. The van der Waals surface area contributed by atoms with Gasteiger partial charge in [-0.25, -0.2) is 14.5 Å². The first-order valence-electron chi connectivity index (χ1n) is 46.0. The van der Waals surface area contributed by atoms with Crippen molar-refractivity contribution in [1.82, 2.24) is 29.4 Å². The fourth-order valence-electron chi connectivity index (χ4n) is 22.8. The zero-order valence-electron chi connectivity index (χ0n) is 76.0. The van der Waals surface area contributed by atoms with Crippen LogP contribution in [0.25, 0.3) is 144 Å². The second-order valence-electron chi connectivity index (χ2n) is 36.5. The normalized spacial score (nSPS) is 15.9. The highest BCUT2D eigenvalue weighted by atomic mass is 16.2. The summed E-state index contributed by atoms with van der Waals surface area (Å²) >= 11 is 0. The molecule has 134 heavy (non-hydrogen) atoms. The molecule has 0 fully saturated rings. The van der Waals surface area contributed by atoms with Crippen molar-refractivity contribution in [3.63, 3.8) is 0 Å². The lowest BCUT2D eigenvalue weighted by Crippen LogP contribution is -2.46. The smallest absolute Gasteiger partial charge is 0.261 e. The summed E-state index contributed by atoms with van der Waals surface area (Å²) in [4.78, 5) is 186. The van der Waals surface area contributed by atoms with Crippen molar-refractivity contribution in [2.45, 2.75) is 209 Å². The first kappa shape index (κ1) is 87.3. The van der Waals surface area contributed by atoms with Crippen molar-refractivity contribution in [3.8, 4) is 18.2 Å². The van der Waals surface area contributed by atoms with Crippen LogP contribution in [0, 0.1) is 53.7 Å². The molecule has 21 rings (SSSR count). The Balaban J connectivity index is 0.000000129. The van der Waals surface area contributed by atoms with E-state index < -0.39 is 35.4 Å². The second kappa shape index (κ2) is 32.5. The van der Waals surface area contributed by atoms with Crippen LogP contribution in [0.15, 0.2) is 109 Å². The Morgan fingerprint density at radius 3 is 0.582 bits per heavy atom. The highest BCUT2D eigenvalue weighted by Crippen LogP contribution is 2.56. The van der Waals surface area contributed by atoms with Gasteiger partial charge in [0.05, 0.1) is 71.3 Å². The molecule has 0 aliphatic carbocycles. The minimum Gasteiger partial charge on any atom is -0.272 e. The molecule has 0 radical (unpaired) electrons. The van der Waals surface area contributed by atoms with Crippen LogP contribution in [0.4, 0.5) is 17.1 Å². The highest BCUT2D eigenvalue weighted by Gasteiger charge is 2.47. The molecule has 0 aromatic heterocycles. The molecule has 0 bridgehead atoms. The molecule has 15 aromatic rings. The highest BCUT2D eigenvalue weighted by molar-refractivity contribution is 6.48.